The van der Waals surface area contributed by atoms with E-state index in [-0.39, 0.29) is 30.7 Å². The van der Waals surface area contributed by atoms with Crippen LogP contribution in [-0.4, -0.2) is 73.2 Å². The van der Waals surface area contributed by atoms with E-state index in [1.165, 1.54) is 7.11 Å². The van der Waals surface area contributed by atoms with E-state index in [1.807, 2.05) is 24.3 Å². The molecule has 2 N–H and O–H groups in total. The van der Waals surface area contributed by atoms with E-state index >= 15 is 0 Å². The van der Waals surface area contributed by atoms with Gasteiger partial charge in [-0.1, -0.05) is 48.5 Å². The number of amides is 3. The molecule has 10 heteroatoms. The Bertz CT molecular complexity index is 1120. The highest BCUT2D eigenvalue weighted by Gasteiger charge is 2.35. The number of piperidine rings is 1. The lowest BCUT2D eigenvalue weighted by Crippen LogP contribution is -2.62. The number of benzene rings is 2. The van der Waals surface area contributed by atoms with Crippen LogP contribution < -0.4 is 10.6 Å². The number of carbonyl (C=O) groups is 3. The third-order valence-corrected chi connectivity index (χ3v) is 7.22. The highest BCUT2D eigenvalue weighted by molar-refractivity contribution is 7.95. The van der Waals surface area contributed by atoms with Crippen LogP contribution >= 0.6 is 12.0 Å². The first kappa shape index (κ1) is 27.8. The molecule has 0 aromatic heterocycles. The van der Waals surface area contributed by atoms with Crippen molar-refractivity contribution in [3.8, 4) is 11.1 Å². The second-order valence-electron chi connectivity index (χ2n) is 10.4. The molecule has 2 aromatic carbocycles. The summed E-state index contributed by atoms with van der Waals surface area (Å²) in [6.07, 6.45) is -0.724. The fraction of sp³-hybridized carbons (Fsp3) is 0.464. The minimum atomic E-state index is -0.681. The van der Waals surface area contributed by atoms with Crippen molar-refractivity contribution < 1.29 is 28.0 Å². The summed E-state index contributed by atoms with van der Waals surface area (Å²) in [6.45, 7) is 6.18. The second-order valence-corrected chi connectivity index (χ2v) is 11.2. The predicted octanol–water partition coefficient (Wildman–Crippen LogP) is 4.31. The van der Waals surface area contributed by atoms with Crippen molar-refractivity contribution in [3.05, 3.63) is 59.7 Å². The number of rotatable bonds is 7. The summed E-state index contributed by atoms with van der Waals surface area (Å²) in [5.41, 5.74) is 3.89. The molecular formula is C28H35N3O6S. The Morgan fingerprint density at radius 3 is 2.16 bits per heavy atom. The number of hydrogen-bond acceptors (Lipinski definition) is 7. The summed E-state index contributed by atoms with van der Waals surface area (Å²) in [7, 11) is 1.51. The zero-order valence-corrected chi connectivity index (χ0v) is 23.0. The minimum Gasteiger partial charge on any atom is -0.449 e. The lowest BCUT2D eigenvalue weighted by atomic mass is 9.98. The molecule has 0 saturated carbocycles. The lowest BCUT2D eigenvalue weighted by molar-refractivity contribution is -0.130. The van der Waals surface area contributed by atoms with Crippen LogP contribution in [0.1, 0.15) is 44.2 Å². The maximum Gasteiger partial charge on any atom is 0.408 e. The molecule has 38 heavy (non-hydrogen) atoms. The number of likely N-dealkylation sites (tertiary alicyclic amines) is 1. The topological polar surface area (TPSA) is 106 Å². The summed E-state index contributed by atoms with van der Waals surface area (Å²) in [6, 6.07) is 15.3. The number of nitrogens with zero attached hydrogens (tertiary/aromatic N) is 1. The fourth-order valence-corrected chi connectivity index (χ4v) is 5.35. The molecule has 2 aromatic rings. The molecule has 1 heterocycles. The number of carbonyl (C=O) groups excluding carboxylic acids is 3. The molecule has 0 radical (unpaired) electrons. The third kappa shape index (κ3) is 6.79. The van der Waals surface area contributed by atoms with Gasteiger partial charge in [0.15, 0.2) is 0 Å². The molecule has 1 aliphatic carbocycles. The summed E-state index contributed by atoms with van der Waals surface area (Å²) >= 11 is 1.06. The number of ether oxygens (including phenoxy) is 2. The summed E-state index contributed by atoms with van der Waals surface area (Å²) in [4.78, 5) is 39.7. The van der Waals surface area contributed by atoms with Crippen LogP contribution in [0.3, 0.4) is 0 Å². The Morgan fingerprint density at radius 1 is 0.947 bits per heavy atom. The molecule has 2 atom stereocenters. The number of fused-ring (bicyclic) bond motifs is 3. The minimum absolute atomic E-state index is 0.0541. The Balaban J connectivity index is 1.40. The maximum absolute atomic E-state index is 12.9. The van der Waals surface area contributed by atoms with Crippen molar-refractivity contribution in [2.45, 2.75) is 50.8 Å². The highest BCUT2D eigenvalue weighted by Crippen LogP contribution is 2.44. The molecule has 2 aliphatic rings. The summed E-state index contributed by atoms with van der Waals surface area (Å²) in [5, 5.41) is 5.74. The standard InChI is InChI=1S/C28H35N3O6S/c1-28(2,3)37-27(34)30-24-15-31(25(32)17-38-35-4)14-13-23(24)29-26(33)36-16-22-20-11-7-5-9-18(20)19-10-6-8-12-21(19)22/h5-12,22-24H,13-17H2,1-4H3,(H,29,33)(H,30,34)/t23-,24+/m0/s1. The van der Waals surface area contributed by atoms with Gasteiger partial charge in [-0.05, 0) is 49.4 Å². The lowest BCUT2D eigenvalue weighted by Gasteiger charge is -2.39. The van der Waals surface area contributed by atoms with Gasteiger partial charge in [-0.15, -0.1) is 0 Å². The van der Waals surface area contributed by atoms with Crippen LogP contribution in [-0.2, 0) is 18.5 Å². The van der Waals surface area contributed by atoms with Crippen molar-refractivity contribution in [1.82, 2.24) is 15.5 Å². The Morgan fingerprint density at radius 2 is 1.55 bits per heavy atom. The molecule has 1 fully saturated rings. The van der Waals surface area contributed by atoms with Crippen molar-refractivity contribution in [3.63, 3.8) is 0 Å². The van der Waals surface area contributed by atoms with E-state index in [0.29, 0.717) is 13.0 Å². The Labute approximate surface area is 227 Å². The van der Waals surface area contributed by atoms with Gasteiger partial charge in [0, 0.05) is 31.1 Å². The molecule has 0 bridgehead atoms. The smallest absolute Gasteiger partial charge is 0.408 e. The van der Waals surface area contributed by atoms with Gasteiger partial charge in [-0.2, -0.15) is 0 Å². The Hall–Kier alpha value is -3.24. The van der Waals surface area contributed by atoms with Gasteiger partial charge in [0.05, 0.1) is 24.9 Å². The zero-order chi connectivity index (χ0) is 27.3. The van der Waals surface area contributed by atoms with Crippen LogP contribution in [0.5, 0.6) is 0 Å². The average Bonchev–Trinajstić information content (AvgIpc) is 3.19. The largest absolute Gasteiger partial charge is 0.449 e. The van der Waals surface area contributed by atoms with Crippen LogP contribution in [0.15, 0.2) is 48.5 Å². The monoisotopic (exact) mass is 541 g/mol. The molecule has 9 nitrogen and oxygen atoms in total. The SMILES string of the molecule is COSCC(=O)N1CC[C@H](NC(=O)OCC2c3ccccc3-c3ccccc32)[C@H](NC(=O)OC(C)(C)C)C1. The molecule has 1 saturated heterocycles. The van der Waals surface area contributed by atoms with Gasteiger partial charge in [0.1, 0.15) is 12.2 Å². The molecule has 0 unspecified atom stereocenters. The Kier molecular flexibility index (Phi) is 8.83. The third-order valence-electron chi connectivity index (χ3n) is 6.61. The maximum atomic E-state index is 12.9. The number of hydrogen-bond donors (Lipinski definition) is 2. The van der Waals surface area contributed by atoms with E-state index in [0.717, 1.165) is 34.3 Å². The highest BCUT2D eigenvalue weighted by atomic mass is 32.2. The first-order valence-corrected chi connectivity index (χ1v) is 13.6. The average molecular weight is 542 g/mol. The van der Waals surface area contributed by atoms with Gasteiger partial charge in [-0.3, -0.25) is 4.79 Å². The van der Waals surface area contributed by atoms with Gasteiger partial charge in [-0.25, -0.2) is 9.59 Å². The van der Waals surface area contributed by atoms with Crippen molar-refractivity contribution in [1.29, 1.82) is 0 Å². The van der Waals surface area contributed by atoms with Gasteiger partial charge in [0.2, 0.25) is 5.91 Å². The van der Waals surface area contributed by atoms with E-state index in [9.17, 15) is 14.4 Å². The molecule has 1 aliphatic heterocycles. The van der Waals surface area contributed by atoms with E-state index in [1.54, 1.807) is 25.7 Å². The number of alkyl carbamates (subject to hydrolysis) is 2. The second kappa shape index (κ2) is 12.1. The van der Waals surface area contributed by atoms with Gasteiger partial charge in [0.25, 0.3) is 0 Å². The van der Waals surface area contributed by atoms with Crippen LogP contribution in [0.25, 0.3) is 11.1 Å². The van der Waals surface area contributed by atoms with E-state index in [2.05, 4.69) is 34.9 Å². The first-order valence-electron chi connectivity index (χ1n) is 12.7. The molecular weight excluding hydrogens is 506 g/mol. The molecule has 4 rings (SSSR count). The number of nitrogens with one attached hydrogen (secondary N) is 2. The van der Waals surface area contributed by atoms with Crippen LogP contribution in [0.4, 0.5) is 9.59 Å². The normalized spacial score (nSPS) is 18.8. The first-order chi connectivity index (χ1) is 18.2. The van der Waals surface area contributed by atoms with Gasteiger partial charge >= 0.3 is 12.2 Å². The molecule has 0 spiro atoms. The van der Waals surface area contributed by atoms with Crippen molar-refractivity contribution in [2.24, 2.45) is 0 Å². The fourth-order valence-electron chi connectivity index (χ4n) is 4.95. The zero-order valence-electron chi connectivity index (χ0n) is 22.2. The molecule has 204 valence electrons. The summed E-state index contributed by atoms with van der Waals surface area (Å²) < 4.78 is 16.1. The molecule has 3 amide bonds. The van der Waals surface area contributed by atoms with Crippen LogP contribution in [0.2, 0.25) is 0 Å². The van der Waals surface area contributed by atoms with Crippen LogP contribution in [0, 0.1) is 0 Å². The quantitative estimate of drug-likeness (QED) is 0.503. The van der Waals surface area contributed by atoms with E-state index < -0.39 is 29.9 Å². The van der Waals surface area contributed by atoms with Crippen molar-refractivity contribution in [2.75, 3.05) is 32.6 Å². The van der Waals surface area contributed by atoms with E-state index in [4.69, 9.17) is 13.7 Å². The predicted molar refractivity (Wildman–Crippen MR) is 146 cm³/mol. The van der Waals surface area contributed by atoms with Crippen molar-refractivity contribution >= 4 is 30.1 Å². The van der Waals surface area contributed by atoms with Gasteiger partial charge < -0.3 is 29.2 Å². The summed E-state index contributed by atoms with van der Waals surface area (Å²) in [5.74, 6) is 0.00848.